The average Bonchev–Trinajstić information content (AvgIpc) is 3.42. The molecule has 3 aromatic rings. The van der Waals surface area contributed by atoms with Crippen LogP contribution in [-0.2, 0) is 31.4 Å². The summed E-state index contributed by atoms with van der Waals surface area (Å²) in [6, 6.07) is 8.66. The molecular formula is C22H24ClF3N6O3. The number of urea groups is 1. The highest BCUT2D eigenvalue weighted by Gasteiger charge is 2.38. The Hall–Kier alpha value is -3.54. The van der Waals surface area contributed by atoms with Crippen LogP contribution in [0.1, 0.15) is 41.7 Å². The first kappa shape index (κ1) is 26.1. The minimum atomic E-state index is -5.08. The summed E-state index contributed by atoms with van der Waals surface area (Å²) in [6.45, 7) is 1.40. The lowest BCUT2D eigenvalue weighted by atomic mass is 10.0. The number of nitrogens with one attached hydrogen (secondary N) is 2. The van der Waals surface area contributed by atoms with Gasteiger partial charge in [-0.25, -0.2) is 14.6 Å². The number of amides is 2. The number of halogens is 4. The molecule has 0 saturated carbocycles. The number of carbonyl (C=O) groups is 2. The molecule has 0 spiro atoms. The van der Waals surface area contributed by atoms with E-state index in [4.69, 9.17) is 21.5 Å². The highest BCUT2D eigenvalue weighted by Crippen LogP contribution is 2.22. The van der Waals surface area contributed by atoms with Crippen LogP contribution in [0.15, 0.2) is 42.7 Å². The van der Waals surface area contributed by atoms with Crippen molar-refractivity contribution < 1.29 is 27.9 Å². The molecule has 0 fully saturated rings. The fraction of sp³-hybridized carbons (Fsp3) is 0.364. The van der Waals surface area contributed by atoms with E-state index in [2.05, 4.69) is 25.3 Å². The summed E-state index contributed by atoms with van der Waals surface area (Å²) in [4.78, 5) is 26.1. The highest BCUT2D eigenvalue weighted by atomic mass is 35.5. The van der Waals surface area contributed by atoms with Gasteiger partial charge in [0, 0.05) is 37.4 Å². The third-order valence-electron chi connectivity index (χ3n) is 5.14. The molecule has 1 aromatic carbocycles. The molecule has 1 unspecified atom stereocenters. The number of alkyl halides is 3. The van der Waals surface area contributed by atoms with Crippen LogP contribution in [0.4, 0.5) is 18.0 Å². The third kappa shape index (κ3) is 7.47. The summed E-state index contributed by atoms with van der Waals surface area (Å²) in [7, 11) is 1.85. The number of benzene rings is 1. The molecule has 188 valence electrons. The SMILES string of the molecule is Cn1ccc(C(NC(=O)NCc2cn3c(n2)CCCC3)c2ccc(Cl)cc2)n1.O=C(O)C(F)(F)F. The Morgan fingerprint density at radius 3 is 2.46 bits per heavy atom. The van der Waals surface area contributed by atoms with Gasteiger partial charge in [-0.1, -0.05) is 23.7 Å². The van der Waals surface area contributed by atoms with E-state index >= 15 is 0 Å². The van der Waals surface area contributed by atoms with Crippen molar-refractivity contribution in [2.75, 3.05) is 0 Å². The summed E-state index contributed by atoms with van der Waals surface area (Å²) in [5, 5.41) is 18.1. The number of carboxylic acids is 1. The van der Waals surface area contributed by atoms with Crippen LogP contribution in [-0.4, -0.2) is 42.6 Å². The number of nitrogens with zero attached hydrogens (tertiary/aromatic N) is 4. The largest absolute Gasteiger partial charge is 0.490 e. The Bertz CT molecular complexity index is 1140. The van der Waals surface area contributed by atoms with E-state index < -0.39 is 12.1 Å². The minimum Gasteiger partial charge on any atom is -0.475 e. The first-order chi connectivity index (χ1) is 16.5. The first-order valence-corrected chi connectivity index (χ1v) is 11.0. The van der Waals surface area contributed by atoms with Gasteiger partial charge in [-0.2, -0.15) is 18.3 Å². The fourth-order valence-electron chi connectivity index (χ4n) is 3.48. The van der Waals surface area contributed by atoms with Crippen molar-refractivity contribution in [3.63, 3.8) is 0 Å². The van der Waals surface area contributed by atoms with Crippen LogP contribution in [0, 0.1) is 0 Å². The molecule has 2 amide bonds. The average molecular weight is 513 g/mol. The van der Waals surface area contributed by atoms with Crippen LogP contribution in [0.5, 0.6) is 0 Å². The van der Waals surface area contributed by atoms with Crippen LogP contribution < -0.4 is 10.6 Å². The zero-order valence-electron chi connectivity index (χ0n) is 18.7. The maximum Gasteiger partial charge on any atom is 0.490 e. The first-order valence-electron chi connectivity index (χ1n) is 10.7. The molecule has 1 atom stereocenters. The molecule has 3 heterocycles. The van der Waals surface area contributed by atoms with Gasteiger partial charge >= 0.3 is 18.2 Å². The van der Waals surface area contributed by atoms with E-state index in [1.807, 2.05) is 49.8 Å². The van der Waals surface area contributed by atoms with E-state index in [1.54, 1.807) is 4.68 Å². The Kier molecular flexibility index (Phi) is 8.39. The fourth-order valence-corrected chi connectivity index (χ4v) is 3.61. The Balaban J connectivity index is 0.000000429. The zero-order valence-corrected chi connectivity index (χ0v) is 19.5. The van der Waals surface area contributed by atoms with Gasteiger partial charge < -0.3 is 20.3 Å². The molecule has 13 heteroatoms. The summed E-state index contributed by atoms with van der Waals surface area (Å²) in [5.74, 6) is -1.65. The molecule has 1 aliphatic rings. The molecule has 2 aromatic heterocycles. The van der Waals surface area contributed by atoms with Crippen LogP contribution >= 0.6 is 11.6 Å². The standard InChI is InChI=1S/C20H23ClN6O.C2HF3O2/c1-26-11-9-17(25-26)19(14-5-7-15(21)8-6-14)24-20(28)22-12-16-13-27-10-3-2-4-18(27)23-16;3-2(4,5)1(6)7/h5-9,11,13,19H,2-4,10,12H2,1H3,(H2,22,24,28);(H,6,7). The Morgan fingerprint density at radius 2 is 1.89 bits per heavy atom. The normalized spacial score (nSPS) is 13.7. The molecule has 0 radical (unpaired) electrons. The molecule has 35 heavy (non-hydrogen) atoms. The van der Waals surface area contributed by atoms with Crippen LogP contribution in [0.3, 0.4) is 0 Å². The summed E-state index contributed by atoms with van der Waals surface area (Å²) in [6.07, 6.45) is 2.17. The number of fused-ring (bicyclic) bond motifs is 1. The van der Waals surface area contributed by atoms with Gasteiger partial charge in [-0.15, -0.1) is 0 Å². The second-order valence-corrected chi connectivity index (χ2v) is 8.26. The molecular weight excluding hydrogens is 489 g/mol. The molecule has 0 bridgehead atoms. The smallest absolute Gasteiger partial charge is 0.475 e. The highest BCUT2D eigenvalue weighted by molar-refractivity contribution is 6.30. The summed E-state index contributed by atoms with van der Waals surface area (Å²) >= 11 is 6.00. The van der Waals surface area contributed by atoms with Crippen molar-refractivity contribution in [2.45, 2.75) is 44.6 Å². The molecule has 1 aliphatic heterocycles. The monoisotopic (exact) mass is 512 g/mol. The Morgan fingerprint density at radius 1 is 1.20 bits per heavy atom. The van der Waals surface area contributed by atoms with Gasteiger partial charge in [0.05, 0.1) is 17.9 Å². The number of aliphatic carboxylic acids is 1. The lowest BCUT2D eigenvalue weighted by Crippen LogP contribution is -2.38. The van der Waals surface area contributed by atoms with Crippen molar-refractivity contribution in [1.29, 1.82) is 0 Å². The number of hydrogen-bond donors (Lipinski definition) is 3. The van der Waals surface area contributed by atoms with Gasteiger partial charge in [-0.05, 0) is 36.6 Å². The quantitative estimate of drug-likeness (QED) is 0.481. The number of imidazole rings is 1. The topological polar surface area (TPSA) is 114 Å². The van der Waals surface area contributed by atoms with E-state index in [-0.39, 0.29) is 12.1 Å². The number of carboxylic acid groups (broad SMARTS) is 1. The van der Waals surface area contributed by atoms with Crippen LogP contribution in [0.25, 0.3) is 0 Å². The van der Waals surface area contributed by atoms with Gasteiger partial charge in [0.1, 0.15) is 11.9 Å². The maximum absolute atomic E-state index is 12.6. The minimum absolute atomic E-state index is 0.267. The van der Waals surface area contributed by atoms with E-state index in [0.29, 0.717) is 11.6 Å². The van der Waals surface area contributed by atoms with Crippen LogP contribution in [0.2, 0.25) is 5.02 Å². The second-order valence-electron chi connectivity index (χ2n) is 7.83. The lowest BCUT2D eigenvalue weighted by Gasteiger charge is -2.18. The Labute approximate surface area is 203 Å². The second kappa shape index (κ2) is 11.3. The third-order valence-corrected chi connectivity index (χ3v) is 5.39. The van der Waals surface area contributed by atoms with Crippen molar-refractivity contribution in [2.24, 2.45) is 7.05 Å². The molecule has 0 aliphatic carbocycles. The summed E-state index contributed by atoms with van der Waals surface area (Å²) in [5.41, 5.74) is 2.56. The van der Waals surface area contributed by atoms with Gasteiger partial charge in [0.25, 0.3) is 0 Å². The number of rotatable bonds is 5. The van der Waals surface area contributed by atoms with Crippen molar-refractivity contribution in [1.82, 2.24) is 30.0 Å². The molecule has 9 nitrogen and oxygen atoms in total. The van der Waals surface area contributed by atoms with Gasteiger partial charge in [0.2, 0.25) is 0 Å². The zero-order chi connectivity index (χ0) is 25.6. The van der Waals surface area contributed by atoms with Gasteiger partial charge in [0.15, 0.2) is 0 Å². The number of aromatic nitrogens is 4. The van der Waals surface area contributed by atoms with E-state index in [9.17, 15) is 18.0 Å². The predicted octanol–water partition coefficient (Wildman–Crippen LogP) is 3.83. The predicted molar refractivity (Wildman–Crippen MR) is 121 cm³/mol. The van der Waals surface area contributed by atoms with Gasteiger partial charge in [-0.3, -0.25) is 4.68 Å². The van der Waals surface area contributed by atoms with E-state index in [0.717, 1.165) is 35.7 Å². The van der Waals surface area contributed by atoms with Crippen molar-refractivity contribution in [3.8, 4) is 0 Å². The van der Waals surface area contributed by atoms with Crippen molar-refractivity contribution in [3.05, 3.63) is 70.5 Å². The maximum atomic E-state index is 12.6. The molecule has 3 N–H and O–H groups in total. The number of hydrogen-bond acceptors (Lipinski definition) is 4. The molecule has 4 rings (SSSR count). The lowest BCUT2D eigenvalue weighted by molar-refractivity contribution is -0.192. The molecule has 0 saturated heterocycles. The van der Waals surface area contributed by atoms with E-state index in [1.165, 1.54) is 12.8 Å². The number of aryl methyl sites for hydroxylation is 3. The van der Waals surface area contributed by atoms with Crippen molar-refractivity contribution >= 4 is 23.6 Å². The number of carbonyl (C=O) groups excluding carboxylic acids is 1. The summed E-state index contributed by atoms with van der Waals surface area (Å²) < 4.78 is 35.6.